The zero-order valence-electron chi connectivity index (χ0n) is 17.4. The minimum absolute atomic E-state index is 0.254. The van der Waals surface area contributed by atoms with E-state index in [4.69, 9.17) is 5.73 Å². The van der Waals surface area contributed by atoms with Gasteiger partial charge in [-0.05, 0) is 68.7 Å². The molecule has 0 saturated carbocycles. The molecule has 9 heteroatoms. The largest absolute Gasteiger partial charge is 0.386 e. The topological polar surface area (TPSA) is 104 Å². The van der Waals surface area contributed by atoms with Gasteiger partial charge in [-0.1, -0.05) is 12.1 Å². The molecule has 0 bridgehead atoms. The summed E-state index contributed by atoms with van der Waals surface area (Å²) < 4.78 is 28.0. The van der Waals surface area contributed by atoms with Crippen molar-refractivity contribution in [1.29, 1.82) is 0 Å². The molecule has 31 heavy (non-hydrogen) atoms. The third-order valence-electron chi connectivity index (χ3n) is 5.52. The number of likely N-dealkylation sites (tertiary alicyclic amines) is 1. The van der Waals surface area contributed by atoms with Gasteiger partial charge in [0.25, 0.3) is 0 Å². The van der Waals surface area contributed by atoms with Crippen LogP contribution in [0.5, 0.6) is 0 Å². The summed E-state index contributed by atoms with van der Waals surface area (Å²) in [5.74, 6) is 0.505. The number of hydrogen-bond acceptors (Lipinski definition) is 7. The van der Waals surface area contributed by atoms with Gasteiger partial charge in [-0.3, -0.25) is 4.98 Å². The summed E-state index contributed by atoms with van der Waals surface area (Å²) in [6, 6.07) is 10.7. The van der Waals surface area contributed by atoms with Gasteiger partial charge in [0.1, 0.15) is 5.84 Å². The Morgan fingerprint density at radius 1 is 1.10 bits per heavy atom. The van der Waals surface area contributed by atoms with Crippen LogP contribution in [0, 0.1) is 0 Å². The second-order valence-electron chi connectivity index (χ2n) is 7.76. The lowest BCUT2D eigenvalue weighted by Crippen LogP contribution is -2.35. The Bertz CT molecular complexity index is 1050. The van der Waals surface area contributed by atoms with Crippen LogP contribution < -0.4 is 15.4 Å². The van der Waals surface area contributed by atoms with E-state index in [2.05, 4.69) is 19.6 Å². The van der Waals surface area contributed by atoms with Crippen LogP contribution in [0.3, 0.4) is 0 Å². The van der Waals surface area contributed by atoms with Crippen molar-refractivity contribution in [2.24, 2.45) is 10.7 Å². The second kappa shape index (κ2) is 9.59. The van der Waals surface area contributed by atoms with Crippen LogP contribution in [0.15, 0.2) is 64.9 Å². The molecule has 1 fully saturated rings. The average molecular weight is 441 g/mol. The number of benzene rings is 1. The summed E-state index contributed by atoms with van der Waals surface area (Å²) in [6.45, 7) is 4.06. The molecular formula is C22H28N6O2S. The highest BCUT2D eigenvalue weighted by atomic mass is 32.2. The van der Waals surface area contributed by atoms with Crippen LogP contribution in [0.2, 0.25) is 0 Å². The van der Waals surface area contributed by atoms with Crippen molar-refractivity contribution >= 4 is 27.2 Å². The summed E-state index contributed by atoms with van der Waals surface area (Å²) in [6.07, 6.45) is 8.47. The van der Waals surface area contributed by atoms with E-state index >= 15 is 0 Å². The number of pyridine rings is 1. The summed E-state index contributed by atoms with van der Waals surface area (Å²) in [4.78, 5) is 13.1. The minimum Gasteiger partial charge on any atom is -0.386 e. The van der Waals surface area contributed by atoms with Crippen molar-refractivity contribution in [1.82, 2.24) is 14.6 Å². The molecule has 1 saturated heterocycles. The highest BCUT2D eigenvalue weighted by molar-refractivity contribution is 7.89. The summed E-state index contributed by atoms with van der Waals surface area (Å²) in [7, 11) is -3.54. The molecule has 0 amide bonds. The fourth-order valence-corrected chi connectivity index (χ4v) is 4.95. The van der Waals surface area contributed by atoms with Crippen molar-refractivity contribution in [3.05, 3.63) is 60.6 Å². The lowest BCUT2D eigenvalue weighted by atomic mass is 10.1. The summed E-state index contributed by atoms with van der Waals surface area (Å²) >= 11 is 0. The smallest absolute Gasteiger partial charge is 0.240 e. The maximum Gasteiger partial charge on any atom is 0.240 e. The standard InChI is InChI=1S/C22H28N6O2S/c23-22-17-28(19-5-3-10-24-15-19)21(16-25-22)18-6-8-20(9-7-18)31(29,30)26-11-4-14-27-12-1-2-13-27/h3,5-10,15-16,26H,1-2,4,11-14,17H2,(H2,23,25). The fourth-order valence-electron chi connectivity index (χ4n) is 3.88. The number of hydrogen-bond donors (Lipinski definition) is 2. The van der Waals surface area contributed by atoms with Crippen LogP contribution in [-0.2, 0) is 10.0 Å². The summed E-state index contributed by atoms with van der Waals surface area (Å²) in [5.41, 5.74) is 8.52. The van der Waals surface area contributed by atoms with Crippen LogP contribution in [0.1, 0.15) is 24.8 Å². The van der Waals surface area contributed by atoms with Crippen molar-refractivity contribution in [3.63, 3.8) is 0 Å². The fraction of sp³-hybridized carbons (Fsp3) is 0.364. The third kappa shape index (κ3) is 5.30. The van der Waals surface area contributed by atoms with Gasteiger partial charge in [-0.2, -0.15) is 0 Å². The monoisotopic (exact) mass is 440 g/mol. The van der Waals surface area contributed by atoms with Crippen LogP contribution in [0.25, 0.3) is 5.70 Å². The van der Waals surface area contributed by atoms with E-state index in [1.54, 1.807) is 42.9 Å². The number of anilines is 1. The molecule has 0 atom stereocenters. The van der Waals surface area contributed by atoms with Gasteiger partial charge in [-0.25, -0.2) is 18.1 Å². The zero-order chi connectivity index (χ0) is 21.7. The van der Waals surface area contributed by atoms with Crippen molar-refractivity contribution in [3.8, 4) is 0 Å². The van der Waals surface area contributed by atoms with Gasteiger partial charge < -0.3 is 15.5 Å². The molecule has 0 unspecified atom stereocenters. The molecule has 3 heterocycles. The number of sulfonamides is 1. The SMILES string of the molecule is NC1=NC=C(c2ccc(S(=O)(=O)NCCCN3CCCC3)cc2)N(c2cccnc2)C1. The first kappa shape index (κ1) is 21.5. The molecule has 3 N–H and O–H groups in total. The van der Waals surface area contributed by atoms with E-state index < -0.39 is 10.0 Å². The molecule has 0 spiro atoms. The molecule has 2 aliphatic heterocycles. The van der Waals surface area contributed by atoms with E-state index in [1.807, 2.05) is 17.0 Å². The first-order valence-corrected chi connectivity index (χ1v) is 12.0. The van der Waals surface area contributed by atoms with E-state index in [1.165, 1.54) is 12.8 Å². The molecule has 2 aliphatic rings. The maximum atomic E-state index is 12.6. The average Bonchev–Trinajstić information content (AvgIpc) is 3.31. The number of amidine groups is 1. The normalized spacial score (nSPS) is 17.5. The number of nitrogens with one attached hydrogen (secondary N) is 1. The maximum absolute atomic E-state index is 12.6. The molecule has 0 radical (unpaired) electrons. The van der Waals surface area contributed by atoms with E-state index in [-0.39, 0.29) is 4.90 Å². The Balaban J connectivity index is 1.43. The minimum atomic E-state index is -3.54. The Hall–Kier alpha value is -2.75. The molecule has 8 nitrogen and oxygen atoms in total. The van der Waals surface area contributed by atoms with Gasteiger partial charge in [0.15, 0.2) is 0 Å². The second-order valence-corrected chi connectivity index (χ2v) is 9.52. The molecule has 1 aromatic heterocycles. The first-order valence-electron chi connectivity index (χ1n) is 10.6. The quantitative estimate of drug-likeness (QED) is 0.609. The number of nitrogens with two attached hydrogens (primary N) is 1. The number of aromatic nitrogens is 1. The lowest BCUT2D eigenvalue weighted by molar-refractivity contribution is 0.334. The predicted octanol–water partition coefficient (Wildman–Crippen LogP) is 2.02. The number of nitrogens with zero attached hydrogens (tertiary/aromatic N) is 4. The van der Waals surface area contributed by atoms with Gasteiger partial charge in [-0.15, -0.1) is 0 Å². The zero-order valence-corrected chi connectivity index (χ0v) is 18.3. The molecule has 1 aromatic carbocycles. The Morgan fingerprint density at radius 3 is 2.58 bits per heavy atom. The molecule has 2 aromatic rings. The van der Waals surface area contributed by atoms with E-state index in [0.717, 1.165) is 43.0 Å². The third-order valence-corrected chi connectivity index (χ3v) is 7.00. The van der Waals surface area contributed by atoms with Gasteiger partial charge in [0.2, 0.25) is 10.0 Å². The number of aliphatic imine (C=N–C) groups is 1. The number of rotatable bonds is 8. The summed E-state index contributed by atoms with van der Waals surface area (Å²) in [5, 5.41) is 0. The highest BCUT2D eigenvalue weighted by Crippen LogP contribution is 2.28. The highest BCUT2D eigenvalue weighted by Gasteiger charge is 2.20. The van der Waals surface area contributed by atoms with Gasteiger partial charge in [0, 0.05) is 12.7 Å². The van der Waals surface area contributed by atoms with Crippen molar-refractivity contribution < 1.29 is 8.42 Å². The first-order chi connectivity index (χ1) is 15.0. The van der Waals surface area contributed by atoms with Crippen LogP contribution in [-0.4, -0.2) is 56.9 Å². The van der Waals surface area contributed by atoms with Crippen LogP contribution >= 0.6 is 0 Å². The Kier molecular flexibility index (Phi) is 6.64. The Labute approximate surface area is 183 Å². The van der Waals surface area contributed by atoms with Crippen LogP contribution in [0.4, 0.5) is 5.69 Å². The molecule has 0 aliphatic carbocycles. The van der Waals surface area contributed by atoms with E-state index in [0.29, 0.717) is 18.9 Å². The van der Waals surface area contributed by atoms with Crippen molar-refractivity contribution in [2.75, 3.05) is 37.6 Å². The van der Waals surface area contributed by atoms with Crippen molar-refractivity contribution in [2.45, 2.75) is 24.2 Å². The van der Waals surface area contributed by atoms with Gasteiger partial charge in [0.05, 0.1) is 35.2 Å². The molecule has 164 valence electrons. The van der Waals surface area contributed by atoms with E-state index in [9.17, 15) is 8.42 Å². The van der Waals surface area contributed by atoms with Gasteiger partial charge >= 0.3 is 0 Å². The Morgan fingerprint density at radius 2 is 1.87 bits per heavy atom. The molecular weight excluding hydrogens is 412 g/mol. The predicted molar refractivity (Wildman–Crippen MR) is 123 cm³/mol. The lowest BCUT2D eigenvalue weighted by Gasteiger charge is -2.29. The molecule has 4 rings (SSSR count).